The van der Waals surface area contributed by atoms with Crippen LogP contribution in [0.1, 0.15) is 47.7 Å². The Morgan fingerprint density at radius 3 is 2.14 bits per heavy atom. The lowest BCUT2D eigenvalue weighted by molar-refractivity contribution is -0.139. The highest BCUT2D eigenvalue weighted by Gasteiger charge is 2.29. The summed E-state index contributed by atoms with van der Waals surface area (Å²) in [5.74, 6) is -1.55. The van der Waals surface area contributed by atoms with Gasteiger partial charge in [0, 0.05) is 17.2 Å². The van der Waals surface area contributed by atoms with Crippen molar-refractivity contribution in [1.82, 2.24) is 5.32 Å². The molecule has 7 heteroatoms. The van der Waals surface area contributed by atoms with E-state index in [0.29, 0.717) is 12.1 Å². The molecule has 3 aromatic carbocycles. The number of ether oxygens (including phenoxy) is 1. The van der Waals surface area contributed by atoms with E-state index in [1.54, 1.807) is 18.2 Å². The van der Waals surface area contributed by atoms with E-state index < -0.39 is 24.0 Å². The standard InChI is InChI=1S/C28H28N2O5/c1-17(2)14-25(27(32)33)30-26(31)18-8-7-9-19(15-18)29-28(34)35-16-24-22-12-5-3-10-20(22)21-11-4-6-13-23(21)24/h3-13,15,17,24-25H,14,16H2,1-2H3,(H,29,34)(H,30,31)(H,32,33)/t25-/m0/s1. The first-order chi connectivity index (χ1) is 16.8. The molecule has 0 fully saturated rings. The van der Waals surface area contributed by atoms with Crippen LogP contribution in [0.25, 0.3) is 11.1 Å². The van der Waals surface area contributed by atoms with Gasteiger partial charge >= 0.3 is 12.1 Å². The third kappa shape index (κ3) is 5.51. The van der Waals surface area contributed by atoms with Crippen molar-refractivity contribution in [3.63, 3.8) is 0 Å². The Bertz CT molecular complexity index is 1210. The number of anilines is 1. The molecule has 0 bridgehead atoms. The highest BCUT2D eigenvalue weighted by molar-refractivity contribution is 5.98. The van der Waals surface area contributed by atoms with E-state index in [-0.39, 0.29) is 24.0 Å². The maximum absolute atomic E-state index is 12.6. The average Bonchev–Trinajstić information content (AvgIpc) is 3.16. The Morgan fingerprint density at radius 2 is 1.54 bits per heavy atom. The first-order valence-electron chi connectivity index (χ1n) is 11.6. The van der Waals surface area contributed by atoms with Gasteiger partial charge in [0.2, 0.25) is 0 Å². The van der Waals surface area contributed by atoms with Crippen molar-refractivity contribution in [2.75, 3.05) is 11.9 Å². The van der Waals surface area contributed by atoms with Gasteiger partial charge in [0.15, 0.2) is 0 Å². The molecular formula is C28H28N2O5. The highest BCUT2D eigenvalue weighted by atomic mass is 16.5. The summed E-state index contributed by atoms with van der Waals surface area (Å²) in [5, 5.41) is 14.6. The summed E-state index contributed by atoms with van der Waals surface area (Å²) in [6.07, 6.45) is -0.314. The van der Waals surface area contributed by atoms with E-state index in [1.807, 2.05) is 50.2 Å². The Kier molecular flexibility index (Phi) is 7.15. The SMILES string of the molecule is CC(C)C[C@H](NC(=O)c1cccc(NC(=O)OCC2c3ccccc3-c3ccccc32)c1)C(=O)O. The number of aliphatic carboxylic acids is 1. The van der Waals surface area contributed by atoms with E-state index in [0.717, 1.165) is 22.3 Å². The van der Waals surface area contributed by atoms with Gasteiger partial charge in [0.1, 0.15) is 12.6 Å². The number of carboxylic acids is 1. The number of benzene rings is 3. The number of rotatable bonds is 8. The maximum Gasteiger partial charge on any atom is 0.411 e. The lowest BCUT2D eigenvalue weighted by Gasteiger charge is -2.17. The predicted molar refractivity (Wildman–Crippen MR) is 133 cm³/mol. The van der Waals surface area contributed by atoms with E-state index in [2.05, 4.69) is 22.8 Å². The summed E-state index contributed by atoms with van der Waals surface area (Å²) in [6.45, 7) is 3.96. The van der Waals surface area contributed by atoms with Gasteiger partial charge in [-0.15, -0.1) is 0 Å². The second-order valence-electron chi connectivity index (χ2n) is 9.03. The fraction of sp³-hybridized carbons (Fsp3) is 0.250. The molecule has 1 aliphatic carbocycles. The number of fused-ring (bicyclic) bond motifs is 3. The van der Waals surface area contributed by atoms with Crippen molar-refractivity contribution in [1.29, 1.82) is 0 Å². The Hall–Kier alpha value is -4.13. The first kappa shape index (κ1) is 24.0. The Balaban J connectivity index is 1.39. The third-order valence-electron chi connectivity index (χ3n) is 6.03. The molecule has 0 unspecified atom stereocenters. The normalized spacial score (nSPS) is 13.0. The largest absolute Gasteiger partial charge is 0.480 e. The van der Waals surface area contributed by atoms with Gasteiger partial charge in [-0.2, -0.15) is 0 Å². The molecule has 35 heavy (non-hydrogen) atoms. The van der Waals surface area contributed by atoms with E-state index in [9.17, 15) is 19.5 Å². The summed E-state index contributed by atoms with van der Waals surface area (Å²) < 4.78 is 5.56. The van der Waals surface area contributed by atoms with Gasteiger partial charge in [0.05, 0.1) is 0 Å². The Morgan fingerprint density at radius 1 is 0.914 bits per heavy atom. The van der Waals surface area contributed by atoms with Crippen molar-refractivity contribution >= 4 is 23.7 Å². The van der Waals surface area contributed by atoms with Gasteiger partial charge < -0.3 is 15.2 Å². The van der Waals surface area contributed by atoms with Gasteiger partial charge in [-0.1, -0.05) is 68.4 Å². The lowest BCUT2D eigenvalue weighted by Crippen LogP contribution is -2.41. The molecule has 3 aromatic rings. The zero-order chi connectivity index (χ0) is 24.9. The topological polar surface area (TPSA) is 105 Å². The maximum atomic E-state index is 12.6. The second-order valence-corrected chi connectivity index (χ2v) is 9.03. The van der Waals surface area contributed by atoms with Crippen molar-refractivity contribution in [3.05, 3.63) is 89.5 Å². The van der Waals surface area contributed by atoms with E-state index >= 15 is 0 Å². The molecule has 0 radical (unpaired) electrons. The van der Waals surface area contributed by atoms with Crippen LogP contribution in [0.2, 0.25) is 0 Å². The molecule has 0 aromatic heterocycles. The molecule has 180 valence electrons. The Labute approximate surface area is 204 Å². The number of amides is 2. The van der Waals surface area contributed by atoms with Crippen LogP contribution in [0.4, 0.5) is 10.5 Å². The molecule has 1 aliphatic rings. The number of hydrogen-bond donors (Lipinski definition) is 3. The van der Waals surface area contributed by atoms with Crippen LogP contribution in [-0.4, -0.2) is 35.7 Å². The van der Waals surface area contributed by atoms with Crippen LogP contribution < -0.4 is 10.6 Å². The fourth-order valence-electron chi connectivity index (χ4n) is 4.43. The van der Waals surface area contributed by atoms with Crippen molar-refractivity contribution < 1.29 is 24.2 Å². The molecule has 0 saturated carbocycles. The number of nitrogens with one attached hydrogen (secondary N) is 2. The third-order valence-corrected chi connectivity index (χ3v) is 6.03. The molecule has 1 atom stereocenters. The molecule has 2 amide bonds. The van der Waals surface area contributed by atoms with Crippen LogP contribution in [-0.2, 0) is 9.53 Å². The predicted octanol–water partition coefficient (Wildman–Crippen LogP) is 5.28. The average molecular weight is 473 g/mol. The molecule has 0 heterocycles. The molecule has 7 nitrogen and oxygen atoms in total. The summed E-state index contributed by atoms with van der Waals surface area (Å²) in [6, 6.07) is 21.5. The molecule has 0 aliphatic heterocycles. The highest BCUT2D eigenvalue weighted by Crippen LogP contribution is 2.44. The summed E-state index contributed by atoms with van der Waals surface area (Å²) in [7, 11) is 0. The van der Waals surface area contributed by atoms with Crippen LogP contribution in [0, 0.1) is 5.92 Å². The second kappa shape index (κ2) is 10.4. The van der Waals surface area contributed by atoms with Crippen LogP contribution in [0.5, 0.6) is 0 Å². The first-order valence-corrected chi connectivity index (χ1v) is 11.6. The van der Waals surface area contributed by atoms with E-state index in [4.69, 9.17) is 4.74 Å². The molecule has 0 saturated heterocycles. The summed E-state index contributed by atoms with van der Waals surface area (Å²) >= 11 is 0. The number of hydrogen-bond acceptors (Lipinski definition) is 4. The van der Waals surface area contributed by atoms with Gasteiger partial charge in [-0.05, 0) is 52.8 Å². The van der Waals surface area contributed by atoms with Crippen LogP contribution in [0.15, 0.2) is 72.8 Å². The number of carbonyl (C=O) groups is 3. The summed E-state index contributed by atoms with van der Waals surface area (Å²) in [4.78, 5) is 36.6. The smallest absolute Gasteiger partial charge is 0.411 e. The molecule has 0 spiro atoms. The van der Waals surface area contributed by atoms with Crippen molar-refractivity contribution in [2.45, 2.75) is 32.2 Å². The molecular weight excluding hydrogens is 444 g/mol. The lowest BCUT2D eigenvalue weighted by atomic mass is 9.98. The molecule has 3 N–H and O–H groups in total. The zero-order valence-corrected chi connectivity index (χ0v) is 19.7. The number of carboxylic acid groups (broad SMARTS) is 1. The minimum absolute atomic E-state index is 0.0563. The van der Waals surface area contributed by atoms with Gasteiger partial charge in [-0.25, -0.2) is 9.59 Å². The fourth-order valence-corrected chi connectivity index (χ4v) is 4.43. The molecule has 4 rings (SSSR count). The van der Waals surface area contributed by atoms with Crippen molar-refractivity contribution in [3.8, 4) is 11.1 Å². The zero-order valence-electron chi connectivity index (χ0n) is 19.7. The van der Waals surface area contributed by atoms with Crippen molar-refractivity contribution in [2.24, 2.45) is 5.92 Å². The minimum atomic E-state index is -1.08. The van der Waals surface area contributed by atoms with E-state index in [1.165, 1.54) is 6.07 Å². The number of carbonyl (C=O) groups excluding carboxylic acids is 2. The van der Waals surface area contributed by atoms with Gasteiger partial charge in [0.25, 0.3) is 5.91 Å². The van der Waals surface area contributed by atoms with Crippen LogP contribution in [0.3, 0.4) is 0 Å². The summed E-state index contributed by atoms with van der Waals surface area (Å²) in [5.41, 5.74) is 5.16. The minimum Gasteiger partial charge on any atom is -0.480 e. The monoisotopic (exact) mass is 472 g/mol. The van der Waals surface area contributed by atoms with Gasteiger partial charge in [-0.3, -0.25) is 10.1 Å². The quantitative estimate of drug-likeness (QED) is 0.414. The van der Waals surface area contributed by atoms with Crippen LogP contribution >= 0.6 is 0 Å².